The Morgan fingerprint density at radius 2 is 1.56 bits per heavy atom. The molecule has 0 aliphatic heterocycles. The molecule has 1 amide bonds. The molecule has 1 N–H and O–H groups in total. The summed E-state index contributed by atoms with van der Waals surface area (Å²) < 4.78 is 11.3. The lowest BCUT2D eigenvalue weighted by atomic mass is 10.0. The highest BCUT2D eigenvalue weighted by molar-refractivity contribution is 6.05. The zero-order valence-electron chi connectivity index (χ0n) is 19.6. The minimum absolute atomic E-state index is 0.00866. The first-order valence-corrected chi connectivity index (χ1v) is 11.2. The van der Waals surface area contributed by atoms with Gasteiger partial charge in [-0.25, -0.2) is 4.98 Å². The van der Waals surface area contributed by atoms with Gasteiger partial charge in [-0.05, 0) is 25.5 Å². The van der Waals surface area contributed by atoms with Crippen molar-refractivity contribution < 1.29 is 23.9 Å². The predicted octanol–water partition coefficient (Wildman–Crippen LogP) is 4.39. The van der Waals surface area contributed by atoms with E-state index in [9.17, 15) is 14.4 Å². The van der Waals surface area contributed by atoms with Crippen LogP contribution in [0.15, 0.2) is 36.8 Å². The summed E-state index contributed by atoms with van der Waals surface area (Å²) in [5.41, 5.74) is 0.926. The lowest BCUT2D eigenvalue weighted by Crippen LogP contribution is -2.17. The van der Waals surface area contributed by atoms with Crippen LogP contribution < -0.4 is 5.32 Å². The van der Waals surface area contributed by atoms with Gasteiger partial charge in [0.25, 0.3) is 5.91 Å². The number of unbranched alkanes of at least 4 members (excludes halogenated alkanes) is 3. The van der Waals surface area contributed by atoms with E-state index in [-0.39, 0.29) is 25.5 Å². The third-order valence-electron chi connectivity index (χ3n) is 4.35. The second-order valence-electron chi connectivity index (χ2n) is 7.04. The number of nitrogens with one attached hydrogen (secondary N) is 1. The van der Waals surface area contributed by atoms with Crippen molar-refractivity contribution in [2.24, 2.45) is 0 Å². The van der Waals surface area contributed by atoms with E-state index in [1.807, 2.05) is 0 Å². The molecule has 0 bridgehead atoms. The molecular formula is C24H35N3O5. The molecule has 0 spiro atoms. The maximum Gasteiger partial charge on any atom is 0.325 e. The summed E-state index contributed by atoms with van der Waals surface area (Å²) in [6, 6.07) is 6.78. The van der Waals surface area contributed by atoms with Crippen molar-refractivity contribution in [2.75, 3.05) is 18.5 Å². The fourth-order valence-corrected chi connectivity index (χ4v) is 2.81. The lowest BCUT2D eigenvalue weighted by Gasteiger charge is -2.08. The van der Waals surface area contributed by atoms with Gasteiger partial charge in [-0.15, -0.1) is 0 Å². The molecule has 1 heterocycles. The van der Waals surface area contributed by atoms with Crippen LogP contribution in [0.3, 0.4) is 0 Å². The van der Waals surface area contributed by atoms with Crippen molar-refractivity contribution in [1.82, 2.24) is 9.55 Å². The summed E-state index contributed by atoms with van der Waals surface area (Å²) >= 11 is 0. The molecule has 8 nitrogen and oxygen atoms in total. The van der Waals surface area contributed by atoms with E-state index in [1.165, 1.54) is 42.8 Å². The molecule has 8 heteroatoms. The maximum absolute atomic E-state index is 12.5. The second-order valence-corrected chi connectivity index (χ2v) is 7.04. The number of nitrogens with zero attached hydrogens (tertiary/aromatic N) is 2. The summed E-state index contributed by atoms with van der Waals surface area (Å²) in [4.78, 5) is 39.7. The molecule has 0 saturated carbocycles. The Balaban J connectivity index is 0.000000751. The van der Waals surface area contributed by atoms with Crippen molar-refractivity contribution in [3.63, 3.8) is 0 Å². The highest BCUT2D eigenvalue weighted by Gasteiger charge is 2.15. The average Bonchev–Trinajstić information content (AvgIpc) is 3.19. The van der Waals surface area contributed by atoms with Crippen LogP contribution in [0.2, 0.25) is 0 Å². The molecule has 2 rings (SSSR count). The normalized spacial score (nSPS) is 10.0. The largest absolute Gasteiger partial charge is 0.466 e. The van der Waals surface area contributed by atoms with Gasteiger partial charge >= 0.3 is 11.9 Å². The molecule has 2 aromatic rings. The number of benzene rings is 1. The quantitative estimate of drug-likeness (QED) is 0.407. The number of hydrogen-bond acceptors (Lipinski definition) is 6. The molecule has 0 radical (unpaired) electrons. The van der Waals surface area contributed by atoms with E-state index in [4.69, 9.17) is 9.47 Å². The number of anilines is 1. The summed E-state index contributed by atoms with van der Waals surface area (Å²) in [5, 5.41) is 2.65. The Labute approximate surface area is 190 Å². The molecule has 0 fully saturated rings. The van der Waals surface area contributed by atoms with Gasteiger partial charge in [0.15, 0.2) is 5.82 Å². The van der Waals surface area contributed by atoms with Crippen molar-refractivity contribution >= 4 is 23.7 Å². The first kappa shape index (κ1) is 26.9. The van der Waals surface area contributed by atoms with Crippen LogP contribution >= 0.6 is 0 Å². The van der Waals surface area contributed by atoms with Crippen LogP contribution in [0.25, 0.3) is 0 Å². The molecule has 0 aliphatic rings. The van der Waals surface area contributed by atoms with E-state index in [1.54, 1.807) is 38.1 Å². The van der Waals surface area contributed by atoms with E-state index in [0.717, 1.165) is 0 Å². The number of imidazole rings is 1. The highest BCUT2D eigenvalue weighted by atomic mass is 16.5. The third kappa shape index (κ3) is 10.2. The fourth-order valence-electron chi connectivity index (χ4n) is 2.81. The first-order valence-electron chi connectivity index (χ1n) is 11.2. The molecule has 1 aromatic heterocycles. The fraction of sp³-hybridized carbons (Fsp3) is 0.500. The number of hydrogen-bond donors (Lipinski definition) is 1. The average molecular weight is 446 g/mol. The minimum atomic E-state index is -0.397. The van der Waals surface area contributed by atoms with Crippen LogP contribution in [0, 0.1) is 0 Å². The third-order valence-corrected chi connectivity index (χ3v) is 4.35. The maximum atomic E-state index is 12.5. The van der Waals surface area contributed by atoms with Gasteiger partial charge in [0.1, 0.15) is 6.54 Å². The summed E-state index contributed by atoms with van der Waals surface area (Å²) in [6.07, 6.45) is 8.50. The molecule has 0 aliphatic carbocycles. The van der Waals surface area contributed by atoms with Crippen molar-refractivity contribution in [3.8, 4) is 0 Å². The lowest BCUT2D eigenvalue weighted by molar-refractivity contribution is -0.144. The zero-order valence-corrected chi connectivity index (χ0v) is 19.6. The molecule has 0 atom stereocenters. The van der Waals surface area contributed by atoms with Crippen LogP contribution in [-0.4, -0.2) is 40.6 Å². The standard InChI is InChI=1S/C18H21N3O5.C6H14/c1-3-25-16(22)9-13-7-5-6-8-14(13)18(24)20-15-10-21(12-19-15)11-17(23)26-4-2;1-3-5-6-4-2/h5-8,10,12H,3-4,9,11H2,1-2H3,(H,20,24);3-6H2,1-2H3. The van der Waals surface area contributed by atoms with Gasteiger partial charge in [0, 0.05) is 11.8 Å². The van der Waals surface area contributed by atoms with Crippen LogP contribution in [0.1, 0.15) is 69.3 Å². The van der Waals surface area contributed by atoms with Crippen molar-refractivity contribution in [1.29, 1.82) is 0 Å². The zero-order chi connectivity index (χ0) is 23.8. The molecule has 32 heavy (non-hydrogen) atoms. The number of aromatic nitrogens is 2. The number of carbonyl (C=O) groups excluding carboxylic acids is 3. The van der Waals surface area contributed by atoms with Crippen LogP contribution in [-0.2, 0) is 32.0 Å². The Bertz CT molecular complexity index is 844. The molecule has 0 unspecified atom stereocenters. The summed E-state index contributed by atoms with van der Waals surface area (Å²) in [7, 11) is 0. The molecule has 0 saturated heterocycles. The van der Waals surface area contributed by atoms with E-state index >= 15 is 0 Å². The van der Waals surface area contributed by atoms with Crippen molar-refractivity contribution in [2.45, 2.75) is 66.3 Å². The van der Waals surface area contributed by atoms with Gasteiger partial charge < -0.3 is 19.4 Å². The van der Waals surface area contributed by atoms with Gasteiger partial charge in [0.2, 0.25) is 0 Å². The molecule has 176 valence electrons. The second kappa shape index (κ2) is 15.6. The highest BCUT2D eigenvalue weighted by Crippen LogP contribution is 2.13. The number of rotatable bonds is 11. The summed E-state index contributed by atoms with van der Waals surface area (Å²) in [5.74, 6) is -0.884. The Kier molecular flexibility index (Phi) is 13.1. The van der Waals surface area contributed by atoms with Gasteiger partial charge in [-0.3, -0.25) is 14.4 Å². The Hall–Kier alpha value is -3.16. The SMILES string of the molecule is CCCCCC.CCOC(=O)Cc1ccccc1C(=O)Nc1cn(CC(=O)OCC)cn1. The van der Waals surface area contributed by atoms with Crippen molar-refractivity contribution in [3.05, 3.63) is 47.9 Å². The minimum Gasteiger partial charge on any atom is -0.466 e. The number of ether oxygens (including phenoxy) is 2. The van der Waals surface area contributed by atoms with Gasteiger partial charge in [-0.1, -0.05) is 57.7 Å². The first-order chi connectivity index (χ1) is 15.4. The Morgan fingerprint density at radius 1 is 0.938 bits per heavy atom. The van der Waals surface area contributed by atoms with Crippen LogP contribution in [0.5, 0.6) is 0 Å². The predicted molar refractivity (Wildman–Crippen MR) is 123 cm³/mol. The van der Waals surface area contributed by atoms with E-state index in [0.29, 0.717) is 23.6 Å². The van der Waals surface area contributed by atoms with E-state index in [2.05, 4.69) is 24.1 Å². The number of amides is 1. The number of carbonyl (C=O) groups is 3. The smallest absolute Gasteiger partial charge is 0.325 e. The van der Waals surface area contributed by atoms with Gasteiger partial charge in [0.05, 0.1) is 26.0 Å². The molecular weight excluding hydrogens is 410 g/mol. The number of esters is 2. The summed E-state index contributed by atoms with van der Waals surface area (Å²) in [6.45, 7) is 8.51. The topological polar surface area (TPSA) is 99.5 Å². The van der Waals surface area contributed by atoms with E-state index < -0.39 is 11.9 Å². The van der Waals surface area contributed by atoms with Crippen LogP contribution in [0.4, 0.5) is 5.82 Å². The molecule has 1 aromatic carbocycles. The van der Waals surface area contributed by atoms with Gasteiger partial charge in [-0.2, -0.15) is 0 Å². The Morgan fingerprint density at radius 3 is 2.19 bits per heavy atom. The monoisotopic (exact) mass is 445 g/mol.